The highest BCUT2D eigenvalue weighted by atomic mass is 16.2. The molecule has 4 heteroatoms. The van der Waals surface area contributed by atoms with Crippen molar-refractivity contribution in [1.82, 2.24) is 4.98 Å². The monoisotopic (exact) mass is 368 g/mol. The van der Waals surface area contributed by atoms with Gasteiger partial charge in [0.25, 0.3) is 11.5 Å². The molecule has 0 aliphatic carbocycles. The van der Waals surface area contributed by atoms with Crippen molar-refractivity contribution in [2.45, 2.75) is 13.8 Å². The Kier molecular flexibility index (Phi) is 4.53. The van der Waals surface area contributed by atoms with E-state index < -0.39 is 11.5 Å². The van der Waals surface area contributed by atoms with Crippen LogP contribution in [0.25, 0.3) is 22.0 Å². The highest BCUT2D eigenvalue weighted by molar-refractivity contribution is 6.04. The second-order valence-corrected chi connectivity index (χ2v) is 6.95. The van der Waals surface area contributed by atoms with Gasteiger partial charge in [0.05, 0.1) is 0 Å². The molecule has 0 saturated heterocycles. The van der Waals surface area contributed by atoms with Gasteiger partial charge < -0.3 is 10.3 Å². The largest absolute Gasteiger partial charge is 0.322 e. The van der Waals surface area contributed by atoms with Crippen LogP contribution in [0, 0.1) is 13.8 Å². The van der Waals surface area contributed by atoms with E-state index in [1.165, 1.54) is 0 Å². The summed E-state index contributed by atoms with van der Waals surface area (Å²) < 4.78 is 0. The molecule has 138 valence electrons. The zero-order chi connectivity index (χ0) is 19.7. The third-order valence-corrected chi connectivity index (χ3v) is 4.86. The molecule has 0 atom stereocenters. The fraction of sp³-hybridized carbons (Fsp3) is 0.0833. The van der Waals surface area contributed by atoms with E-state index in [1.54, 1.807) is 12.1 Å². The molecule has 0 bridgehead atoms. The highest BCUT2D eigenvalue weighted by Gasteiger charge is 2.13. The molecule has 4 aromatic rings. The van der Waals surface area contributed by atoms with Gasteiger partial charge in [0, 0.05) is 11.4 Å². The lowest BCUT2D eigenvalue weighted by Crippen LogP contribution is -2.23. The van der Waals surface area contributed by atoms with Gasteiger partial charge in [-0.25, -0.2) is 0 Å². The molecule has 1 amide bonds. The van der Waals surface area contributed by atoms with Crippen molar-refractivity contribution in [3.05, 3.63) is 99.8 Å². The Labute approximate surface area is 162 Å². The van der Waals surface area contributed by atoms with Crippen molar-refractivity contribution in [2.24, 2.45) is 0 Å². The summed E-state index contributed by atoms with van der Waals surface area (Å²) in [6, 6.07) is 23.2. The highest BCUT2D eigenvalue weighted by Crippen LogP contribution is 2.23. The number of aryl methyl sites for hydroxylation is 2. The molecule has 0 radical (unpaired) electrons. The number of nitrogens with one attached hydrogen (secondary N) is 2. The number of amides is 1. The predicted molar refractivity (Wildman–Crippen MR) is 114 cm³/mol. The van der Waals surface area contributed by atoms with Gasteiger partial charge in [0.1, 0.15) is 5.56 Å². The molecule has 3 aromatic carbocycles. The summed E-state index contributed by atoms with van der Waals surface area (Å²) in [5.41, 5.74) is 3.96. The molecule has 0 saturated carbocycles. The lowest BCUT2D eigenvalue weighted by atomic mass is 10.0. The van der Waals surface area contributed by atoms with E-state index in [1.807, 2.05) is 74.5 Å². The van der Waals surface area contributed by atoms with Crippen molar-refractivity contribution in [1.29, 1.82) is 0 Å². The van der Waals surface area contributed by atoms with Crippen molar-refractivity contribution in [3.8, 4) is 11.3 Å². The van der Waals surface area contributed by atoms with Crippen LogP contribution in [0.3, 0.4) is 0 Å². The van der Waals surface area contributed by atoms with Crippen LogP contribution in [-0.4, -0.2) is 10.9 Å². The van der Waals surface area contributed by atoms with Gasteiger partial charge in [0.15, 0.2) is 0 Å². The number of hydrogen-bond donors (Lipinski definition) is 2. The molecular weight excluding hydrogens is 348 g/mol. The summed E-state index contributed by atoms with van der Waals surface area (Å²) in [6.07, 6.45) is 0. The quantitative estimate of drug-likeness (QED) is 0.531. The van der Waals surface area contributed by atoms with E-state index >= 15 is 0 Å². The SMILES string of the molecule is Cc1ccc(C)c(NC(=O)c2ccc(-c3ccc4ccccc4c3)[nH]c2=O)c1. The third-order valence-electron chi connectivity index (χ3n) is 4.86. The first-order valence-corrected chi connectivity index (χ1v) is 9.12. The Morgan fingerprint density at radius 1 is 0.857 bits per heavy atom. The summed E-state index contributed by atoms with van der Waals surface area (Å²) >= 11 is 0. The molecular formula is C24H20N2O2. The number of pyridine rings is 1. The van der Waals surface area contributed by atoms with E-state index in [0.29, 0.717) is 11.4 Å². The Morgan fingerprint density at radius 2 is 1.64 bits per heavy atom. The first-order valence-electron chi connectivity index (χ1n) is 9.12. The molecule has 1 heterocycles. The molecule has 1 aromatic heterocycles. The maximum atomic E-state index is 12.6. The van der Waals surface area contributed by atoms with Gasteiger partial charge >= 0.3 is 0 Å². The summed E-state index contributed by atoms with van der Waals surface area (Å²) in [6.45, 7) is 3.88. The van der Waals surface area contributed by atoms with Crippen LogP contribution < -0.4 is 10.9 Å². The zero-order valence-electron chi connectivity index (χ0n) is 15.7. The molecule has 0 aliphatic rings. The standard InChI is InChI=1S/C24H20N2O2/c1-15-7-8-16(2)22(13-15)26-24(28)20-11-12-21(25-23(20)27)19-10-9-17-5-3-4-6-18(17)14-19/h3-14H,1-2H3,(H,25,27)(H,26,28). The fourth-order valence-corrected chi connectivity index (χ4v) is 3.24. The number of anilines is 1. The summed E-state index contributed by atoms with van der Waals surface area (Å²) in [4.78, 5) is 28.0. The topological polar surface area (TPSA) is 62.0 Å². The molecule has 0 unspecified atom stereocenters. The van der Waals surface area contributed by atoms with E-state index in [4.69, 9.17) is 0 Å². The predicted octanol–water partition coefficient (Wildman–Crippen LogP) is 5.06. The first-order chi connectivity index (χ1) is 13.5. The molecule has 0 spiro atoms. The van der Waals surface area contributed by atoms with Crippen molar-refractivity contribution in [3.63, 3.8) is 0 Å². The van der Waals surface area contributed by atoms with Crippen LogP contribution in [0.5, 0.6) is 0 Å². The summed E-state index contributed by atoms with van der Waals surface area (Å²) in [5, 5.41) is 5.06. The molecule has 4 nitrogen and oxygen atoms in total. The summed E-state index contributed by atoms with van der Waals surface area (Å²) in [5.74, 6) is -0.417. The van der Waals surface area contributed by atoms with E-state index in [-0.39, 0.29) is 5.56 Å². The number of benzene rings is 3. The van der Waals surface area contributed by atoms with Crippen molar-refractivity contribution in [2.75, 3.05) is 5.32 Å². The minimum Gasteiger partial charge on any atom is -0.322 e. The molecule has 2 N–H and O–H groups in total. The van der Waals surface area contributed by atoms with Crippen LogP contribution in [0.15, 0.2) is 77.6 Å². The normalized spacial score (nSPS) is 10.8. The molecule has 4 rings (SSSR count). The van der Waals surface area contributed by atoms with Gasteiger partial charge in [0.2, 0.25) is 0 Å². The van der Waals surface area contributed by atoms with Gasteiger partial charge in [-0.3, -0.25) is 9.59 Å². The Hall–Kier alpha value is -3.66. The minimum absolute atomic E-state index is 0.0884. The van der Waals surface area contributed by atoms with E-state index in [2.05, 4.69) is 10.3 Å². The lowest BCUT2D eigenvalue weighted by Gasteiger charge is -2.10. The molecule has 0 fully saturated rings. The van der Waals surface area contributed by atoms with Gasteiger partial charge in [-0.15, -0.1) is 0 Å². The molecule has 0 aliphatic heterocycles. The Morgan fingerprint density at radius 3 is 2.43 bits per heavy atom. The van der Waals surface area contributed by atoms with Crippen LogP contribution in [0.4, 0.5) is 5.69 Å². The van der Waals surface area contributed by atoms with Gasteiger partial charge in [-0.2, -0.15) is 0 Å². The number of carbonyl (C=O) groups is 1. The van der Waals surface area contributed by atoms with Gasteiger partial charge in [-0.05, 0) is 65.6 Å². The number of H-pyrrole nitrogens is 1. The third kappa shape index (κ3) is 3.45. The maximum absolute atomic E-state index is 12.6. The van der Waals surface area contributed by atoms with Gasteiger partial charge in [-0.1, -0.05) is 48.5 Å². The van der Waals surface area contributed by atoms with Crippen LogP contribution >= 0.6 is 0 Å². The fourth-order valence-electron chi connectivity index (χ4n) is 3.24. The van der Waals surface area contributed by atoms with Crippen LogP contribution in [-0.2, 0) is 0 Å². The average molecular weight is 368 g/mol. The average Bonchev–Trinajstić information content (AvgIpc) is 2.70. The number of aromatic nitrogens is 1. The van der Waals surface area contributed by atoms with E-state index in [9.17, 15) is 9.59 Å². The number of rotatable bonds is 3. The van der Waals surface area contributed by atoms with Crippen LogP contribution in [0.2, 0.25) is 0 Å². The number of aromatic amines is 1. The van der Waals surface area contributed by atoms with Crippen LogP contribution in [0.1, 0.15) is 21.5 Å². The number of fused-ring (bicyclic) bond motifs is 1. The van der Waals surface area contributed by atoms with Crippen molar-refractivity contribution >= 4 is 22.4 Å². The minimum atomic E-state index is -0.417. The number of carbonyl (C=O) groups excluding carboxylic acids is 1. The summed E-state index contributed by atoms with van der Waals surface area (Å²) in [7, 11) is 0. The lowest BCUT2D eigenvalue weighted by molar-refractivity contribution is 0.102. The Bertz CT molecular complexity index is 1250. The second-order valence-electron chi connectivity index (χ2n) is 6.95. The second kappa shape index (κ2) is 7.16. The zero-order valence-corrected chi connectivity index (χ0v) is 15.7. The maximum Gasteiger partial charge on any atom is 0.261 e. The van der Waals surface area contributed by atoms with E-state index in [0.717, 1.165) is 27.5 Å². The first kappa shape index (κ1) is 17.7. The Balaban J connectivity index is 1.64. The van der Waals surface area contributed by atoms with Crippen molar-refractivity contribution < 1.29 is 4.79 Å². The smallest absolute Gasteiger partial charge is 0.261 e. The number of hydrogen-bond acceptors (Lipinski definition) is 2. The molecule has 28 heavy (non-hydrogen) atoms.